The second-order valence-electron chi connectivity index (χ2n) is 7.60. The van der Waals surface area contributed by atoms with Gasteiger partial charge in [0.2, 0.25) is 0 Å². The molecule has 1 aromatic carbocycles. The molecular weight excluding hydrogens is 290 g/mol. The number of amides is 1. The Morgan fingerprint density at radius 3 is 2.48 bits per heavy atom. The van der Waals surface area contributed by atoms with Crippen LogP contribution in [0.2, 0.25) is 0 Å². The summed E-state index contributed by atoms with van der Waals surface area (Å²) < 4.78 is 11.6. The average molecular weight is 317 g/mol. The maximum atomic E-state index is 12.3. The van der Waals surface area contributed by atoms with E-state index in [1.165, 1.54) is 11.1 Å². The van der Waals surface area contributed by atoms with E-state index in [-0.39, 0.29) is 18.2 Å². The first kappa shape index (κ1) is 16.3. The van der Waals surface area contributed by atoms with Gasteiger partial charge in [-0.15, -0.1) is 0 Å². The molecule has 0 bridgehead atoms. The minimum absolute atomic E-state index is 0.147. The van der Waals surface area contributed by atoms with Crippen LogP contribution in [0.4, 0.5) is 4.79 Å². The van der Waals surface area contributed by atoms with Crippen LogP contribution in [0.5, 0.6) is 0 Å². The summed E-state index contributed by atoms with van der Waals surface area (Å²) in [6.07, 6.45) is 4.02. The summed E-state index contributed by atoms with van der Waals surface area (Å²) in [5.41, 5.74) is 2.35. The van der Waals surface area contributed by atoms with E-state index >= 15 is 0 Å². The van der Waals surface area contributed by atoms with Crippen LogP contribution in [-0.2, 0) is 22.3 Å². The van der Waals surface area contributed by atoms with E-state index in [2.05, 4.69) is 24.3 Å². The molecule has 1 atom stereocenters. The SMILES string of the molecule is CC(C)(C)OC(=O)N1CCCC1COC1Cc2ccccc2C1. The molecule has 0 aromatic heterocycles. The zero-order chi connectivity index (χ0) is 16.4. The minimum Gasteiger partial charge on any atom is -0.444 e. The van der Waals surface area contributed by atoms with Gasteiger partial charge in [0.1, 0.15) is 5.60 Å². The first-order valence-electron chi connectivity index (χ1n) is 8.60. The van der Waals surface area contributed by atoms with Gasteiger partial charge in [0.25, 0.3) is 0 Å². The second kappa shape index (κ2) is 6.52. The molecule has 1 amide bonds. The standard InChI is InChI=1S/C19H27NO3/c1-19(2,3)23-18(21)20-10-6-9-16(20)13-22-17-11-14-7-4-5-8-15(14)12-17/h4-5,7-8,16-17H,6,9-13H2,1-3H3. The molecule has 1 unspecified atom stereocenters. The summed E-state index contributed by atoms with van der Waals surface area (Å²) in [6.45, 7) is 7.10. The Kier molecular flexibility index (Phi) is 4.62. The van der Waals surface area contributed by atoms with E-state index in [1.54, 1.807) is 0 Å². The van der Waals surface area contributed by atoms with Crippen LogP contribution < -0.4 is 0 Å². The lowest BCUT2D eigenvalue weighted by molar-refractivity contribution is -0.00277. The highest BCUT2D eigenvalue weighted by atomic mass is 16.6. The number of likely N-dealkylation sites (tertiary alicyclic amines) is 1. The van der Waals surface area contributed by atoms with Gasteiger partial charge in [0, 0.05) is 6.54 Å². The topological polar surface area (TPSA) is 38.8 Å². The predicted octanol–water partition coefficient (Wildman–Crippen LogP) is 3.57. The Hall–Kier alpha value is -1.55. The Labute approximate surface area is 138 Å². The molecular formula is C19H27NO3. The molecule has 1 fully saturated rings. The molecule has 0 N–H and O–H groups in total. The van der Waals surface area contributed by atoms with Crippen molar-refractivity contribution < 1.29 is 14.3 Å². The van der Waals surface area contributed by atoms with E-state index < -0.39 is 5.60 Å². The molecule has 1 saturated heterocycles. The van der Waals surface area contributed by atoms with Crippen molar-refractivity contribution in [2.24, 2.45) is 0 Å². The Bertz CT molecular complexity index is 539. The monoisotopic (exact) mass is 317 g/mol. The van der Waals surface area contributed by atoms with Gasteiger partial charge in [-0.05, 0) is 57.6 Å². The van der Waals surface area contributed by atoms with E-state index in [0.29, 0.717) is 6.61 Å². The van der Waals surface area contributed by atoms with Crippen molar-refractivity contribution in [3.8, 4) is 0 Å². The number of ether oxygens (including phenoxy) is 2. The van der Waals surface area contributed by atoms with Crippen molar-refractivity contribution in [3.63, 3.8) is 0 Å². The lowest BCUT2D eigenvalue weighted by Gasteiger charge is -2.29. The Morgan fingerprint density at radius 2 is 1.87 bits per heavy atom. The number of benzene rings is 1. The van der Waals surface area contributed by atoms with Crippen LogP contribution in [0.3, 0.4) is 0 Å². The van der Waals surface area contributed by atoms with Gasteiger partial charge in [-0.1, -0.05) is 24.3 Å². The van der Waals surface area contributed by atoms with E-state index in [4.69, 9.17) is 9.47 Å². The Balaban J connectivity index is 1.51. The summed E-state index contributed by atoms with van der Waals surface area (Å²) in [6, 6.07) is 8.68. The number of fused-ring (bicyclic) bond motifs is 1. The molecule has 0 spiro atoms. The van der Waals surface area contributed by atoms with Gasteiger partial charge >= 0.3 is 6.09 Å². The number of rotatable bonds is 3. The van der Waals surface area contributed by atoms with Crippen LogP contribution in [0.15, 0.2) is 24.3 Å². The van der Waals surface area contributed by atoms with Crippen molar-refractivity contribution in [1.29, 1.82) is 0 Å². The summed E-state index contributed by atoms with van der Waals surface area (Å²) in [4.78, 5) is 14.1. The van der Waals surface area contributed by atoms with Gasteiger partial charge in [0.15, 0.2) is 0 Å². The molecule has 4 heteroatoms. The van der Waals surface area contributed by atoms with E-state index in [0.717, 1.165) is 32.2 Å². The minimum atomic E-state index is -0.446. The predicted molar refractivity (Wildman–Crippen MR) is 89.6 cm³/mol. The summed E-state index contributed by atoms with van der Waals surface area (Å²) in [5, 5.41) is 0. The third-order valence-corrected chi connectivity index (χ3v) is 4.54. The highest BCUT2D eigenvalue weighted by Crippen LogP contribution is 2.26. The third kappa shape index (κ3) is 4.05. The lowest BCUT2D eigenvalue weighted by Crippen LogP contribution is -2.42. The first-order valence-corrected chi connectivity index (χ1v) is 8.60. The van der Waals surface area contributed by atoms with Crippen molar-refractivity contribution in [2.75, 3.05) is 13.2 Å². The second-order valence-corrected chi connectivity index (χ2v) is 7.60. The summed E-state index contributed by atoms with van der Waals surface area (Å²) in [7, 11) is 0. The van der Waals surface area contributed by atoms with Crippen LogP contribution in [0, 0.1) is 0 Å². The fourth-order valence-electron chi connectivity index (χ4n) is 3.45. The molecule has 1 aliphatic heterocycles. The smallest absolute Gasteiger partial charge is 0.410 e. The molecule has 1 aromatic rings. The van der Waals surface area contributed by atoms with Gasteiger partial charge in [-0.25, -0.2) is 4.79 Å². The first-order chi connectivity index (χ1) is 10.9. The van der Waals surface area contributed by atoms with Crippen molar-refractivity contribution in [1.82, 2.24) is 4.90 Å². The molecule has 1 heterocycles. The third-order valence-electron chi connectivity index (χ3n) is 4.54. The molecule has 2 aliphatic rings. The molecule has 4 nitrogen and oxygen atoms in total. The van der Waals surface area contributed by atoms with Crippen LogP contribution >= 0.6 is 0 Å². The zero-order valence-corrected chi connectivity index (χ0v) is 14.4. The number of carbonyl (C=O) groups is 1. The molecule has 3 rings (SSSR count). The molecule has 0 radical (unpaired) electrons. The molecule has 23 heavy (non-hydrogen) atoms. The van der Waals surface area contributed by atoms with E-state index in [9.17, 15) is 4.79 Å². The van der Waals surface area contributed by atoms with Crippen LogP contribution in [0.1, 0.15) is 44.7 Å². The maximum absolute atomic E-state index is 12.3. The number of nitrogens with zero attached hydrogens (tertiary/aromatic N) is 1. The lowest BCUT2D eigenvalue weighted by atomic mass is 10.1. The van der Waals surface area contributed by atoms with Crippen LogP contribution in [0.25, 0.3) is 0 Å². The van der Waals surface area contributed by atoms with Crippen molar-refractivity contribution in [3.05, 3.63) is 35.4 Å². The van der Waals surface area contributed by atoms with Gasteiger partial charge in [0.05, 0.1) is 18.8 Å². The quantitative estimate of drug-likeness (QED) is 0.855. The van der Waals surface area contributed by atoms with Crippen molar-refractivity contribution in [2.45, 2.75) is 64.2 Å². The Morgan fingerprint density at radius 1 is 1.22 bits per heavy atom. The zero-order valence-electron chi connectivity index (χ0n) is 14.4. The number of hydrogen-bond donors (Lipinski definition) is 0. The summed E-state index contributed by atoms with van der Waals surface area (Å²) >= 11 is 0. The molecule has 0 saturated carbocycles. The fraction of sp³-hybridized carbons (Fsp3) is 0.632. The van der Waals surface area contributed by atoms with Gasteiger partial charge in [-0.2, -0.15) is 0 Å². The highest BCUT2D eigenvalue weighted by molar-refractivity contribution is 5.68. The normalized spacial score (nSPS) is 21.5. The average Bonchev–Trinajstić information content (AvgIpc) is 3.09. The number of hydrogen-bond acceptors (Lipinski definition) is 3. The van der Waals surface area contributed by atoms with Crippen LogP contribution in [-0.4, -0.2) is 41.9 Å². The fourth-order valence-corrected chi connectivity index (χ4v) is 3.45. The van der Waals surface area contributed by atoms with E-state index in [1.807, 2.05) is 25.7 Å². The van der Waals surface area contributed by atoms with Crippen molar-refractivity contribution >= 4 is 6.09 Å². The van der Waals surface area contributed by atoms with Gasteiger partial charge < -0.3 is 14.4 Å². The summed E-state index contributed by atoms with van der Waals surface area (Å²) in [5.74, 6) is 0. The molecule has 1 aliphatic carbocycles. The largest absolute Gasteiger partial charge is 0.444 e. The number of carbonyl (C=O) groups excluding carboxylic acids is 1. The van der Waals surface area contributed by atoms with Gasteiger partial charge in [-0.3, -0.25) is 0 Å². The maximum Gasteiger partial charge on any atom is 0.410 e. The molecule has 126 valence electrons. The highest BCUT2D eigenvalue weighted by Gasteiger charge is 2.33.